The lowest BCUT2D eigenvalue weighted by Crippen LogP contribution is -2.43. The number of anilines is 1. The SMILES string of the molecule is S=C(Nc1ccccc1)N1CCC(CN2CCCC2)CC1. The van der Waals surface area contributed by atoms with Gasteiger partial charge in [-0.05, 0) is 69.0 Å². The number of hydrogen-bond acceptors (Lipinski definition) is 2. The zero-order valence-electron chi connectivity index (χ0n) is 12.6. The highest BCUT2D eigenvalue weighted by Crippen LogP contribution is 2.21. The van der Waals surface area contributed by atoms with Gasteiger partial charge < -0.3 is 15.1 Å². The van der Waals surface area contributed by atoms with E-state index in [1.54, 1.807) is 0 Å². The molecule has 0 bridgehead atoms. The Morgan fingerprint density at radius 2 is 1.71 bits per heavy atom. The van der Waals surface area contributed by atoms with Gasteiger partial charge in [0, 0.05) is 25.3 Å². The summed E-state index contributed by atoms with van der Waals surface area (Å²) in [5.41, 5.74) is 1.08. The first-order chi connectivity index (χ1) is 10.3. The normalized spacial score (nSPS) is 20.7. The van der Waals surface area contributed by atoms with Crippen molar-refractivity contribution >= 4 is 23.0 Å². The van der Waals surface area contributed by atoms with Crippen LogP contribution >= 0.6 is 12.2 Å². The summed E-state index contributed by atoms with van der Waals surface area (Å²) >= 11 is 5.54. The molecule has 0 saturated carbocycles. The third-order valence-electron chi connectivity index (χ3n) is 4.64. The molecule has 2 heterocycles. The predicted molar refractivity (Wildman–Crippen MR) is 92.6 cm³/mol. The summed E-state index contributed by atoms with van der Waals surface area (Å²) < 4.78 is 0. The Morgan fingerprint density at radius 3 is 2.38 bits per heavy atom. The van der Waals surface area contributed by atoms with Crippen molar-refractivity contribution in [3.05, 3.63) is 30.3 Å². The highest BCUT2D eigenvalue weighted by Gasteiger charge is 2.23. The second-order valence-electron chi connectivity index (χ2n) is 6.23. The van der Waals surface area contributed by atoms with Gasteiger partial charge in [-0.1, -0.05) is 18.2 Å². The van der Waals surface area contributed by atoms with E-state index >= 15 is 0 Å². The van der Waals surface area contributed by atoms with Crippen molar-refractivity contribution < 1.29 is 0 Å². The molecule has 0 spiro atoms. The standard InChI is InChI=1S/C17H25N3S/c21-17(18-16-6-2-1-3-7-16)20-12-8-15(9-13-20)14-19-10-4-5-11-19/h1-3,6-7,15H,4-5,8-14H2,(H,18,21). The summed E-state index contributed by atoms with van der Waals surface area (Å²) in [6, 6.07) is 10.2. The van der Waals surface area contributed by atoms with E-state index < -0.39 is 0 Å². The zero-order valence-corrected chi connectivity index (χ0v) is 13.4. The van der Waals surface area contributed by atoms with Gasteiger partial charge in [0.15, 0.2) is 5.11 Å². The van der Waals surface area contributed by atoms with Crippen LogP contribution in [0.15, 0.2) is 30.3 Å². The van der Waals surface area contributed by atoms with Crippen LogP contribution < -0.4 is 5.32 Å². The Labute approximate surface area is 133 Å². The van der Waals surface area contributed by atoms with Crippen molar-refractivity contribution in [2.45, 2.75) is 25.7 Å². The highest BCUT2D eigenvalue weighted by molar-refractivity contribution is 7.80. The maximum Gasteiger partial charge on any atom is 0.173 e. The van der Waals surface area contributed by atoms with Crippen LogP contribution in [0.25, 0.3) is 0 Å². The first-order valence-corrected chi connectivity index (χ1v) is 8.55. The van der Waals surface area contributed by atoms with Gasteiger partial charge >= 0.3 is 0 Å². The molecule has 114 valence electrons. The molecule has 0 radical (unpaired) electrons. The minimum Gasteiger partial charge on any atom is -0.349 e. The van der Waals surface area contributed by atoms with Crippen LogP contribution in [-0.4, -0.2) is 47.6 Å². The van der Waals surface area contributed by atoms with Gasteiger partial charge in [-0.2, -0.15) is 0 Å². The number of nitrogens with one attached hydrogen (secondary N) is 1. The average Bonchev–Trinajstić information content (AvgIpc) is 3.02. The van der Waals surface area contributed by atoms with Crippen LogP contribution in [0.3, 0.4) is 0 Å². The number of likely N-dealkylation sites (tertiary alicyclic amines) is 2. The van der Waals surface area contributed by atoms with Gasteiger partial charge in [-0.3, -0.25) is 0 Å². The molecule has 1 aromatic rings. The lowest BCUT2D eigenvalue weighted by molar-refractivity contribution is 0.202. The summed E-state index contributed by atoms with van der Waals surface area (Å²) in [5.74, 6) is 0.860. The largest absolute Gasteiger partial charge is 0.349 e. The van der Waals surface area contributed by atoms with Crippen molar-refractivity contribution in [1.82, 2.24) is 9.80 Å². The smallest absolute Gasteiger partial charge is 0.173 e. The number of rotatable bonds is 3. The van der Waals surface area contributed by atoms with Gasteiger partial charge in [-0.25, -0.2) is 0 Å². The van der Waals surface area contributed by atoms with E-state index in [1.165, 1.54) is 45.3 Å². The molecule has 3 nitrogen and oxygen atoms in total. The summed E-state index contributed by atoms with van der Waals surface area (Å²) in [6.45, 7) is 6.11. The molecular formula is C17H25N3S. The fourth-order valence-corrected chi connectivity index (χ4v) is 3.67. The third kappa shape index (κ3) is 4.17. The van der Waals surface area contributed by atoms with Crippen molar-refractivity contribution in [3.63, 3.8) is 0 Å². The lowest BCUT2D eigenvalue weighted by Gasteiger charge is -2.35. The fourth-order valence-electron chi connectivity index (χ4n) is 3.37. The fraction of sp³-hybridized carbons (Fsp3) is 0.588. The predicted octanol–water partition coefficient (Wildman–Crippen LogP) is 3.19. The van der Waals surface area contributed by atoms with E-state index in [-0.39, 0.29) is 0 Å². The average molecular weight is 303 g/mol. The molecule has 0 unspecified atom stereocenters. The molecule has 4 heteroatoms. The third-order valence-corrected chi connectivity index (χ3v) is 5.00. The van der Waals surface area contributed by atoms with Crippen LogP contribution in [-0.2, 0) is 0 Å². The van der Waals surface area contributed by atoms with Crippen LogP contribution in [0.2, 0.25) is 0 Å². The quantitative estimate of drug-likeness (QED) is 0.864. The molecule has 2 aliphatic rings. The van der Waals surface area contributed by atoms with Gasteiger partial charge in [-0.15, -0.1) is 0 Å². The Morgan fingerprint density at radius 1 is 1.05 bits per heavy atom. The molecule has 0 atom stereocenters. The van der Waals surface area contributed by atoms with E-state index in [1.807, 2.05) is 18.2 Å². The van der Waals surface area contributed by atoms with Crippen molar-refractivity contribution in [2.75, 3.05) is 38.0 Å². The molecule has 2 fully saturated rings. The number of nitrogens with zero attached hydrogens (tertiary/aromatic N) is 2. The maximum absolute atomic E-state index is 5.54. The zero-order chi connectivity index (χ0) is 14.5. The van der Waals surface area contributed by atoms with Crippen molar-refractivity contribution in [2.24, 2.45) is 5.92 Å². The Bertz CT molecular complexity index is 448. The molecule has 1 aromatic carbocycles. The summed E-state index contributed by atoms with van der Waals surface area (Å²) in [6.07, 6.45) is 5.33. The minimum atomic E-state index is 0.860. The lowest BCUT2D eigenvalue weighted by atomic mass is 9.96. The van der Waals surface area contributed by atoms with Crippen molar-refractivity contribution in [1.29, 1.82) is 0 Å². The molecule has 21 heavy (non-hydrogen) atoms. The molecule has 0 amide bonds. The molecule has 0 aromatic heterocycles. The van der Waals surface area contributed by atoms with Crippen LogP contribution in [0.5, 0.6) is 0 Å². The summed E-state index contributed by atoms with van der Waals surface area (Å²) in [5, 5.41) is 4.22. The van der Waals surface area contributed by atoms with Gasteiger partial charge in [0.1, 0.15) is 0 Å². The molecule has 3 rings (SSSR count). The van der Waals surface area contributed by atoms with E-state index in [0.717, 1.165) is 29.8 Å². The number of benzene rings is 1. The first kappa shape index (κ1) is 14.8. The van der Waals surface area contributed by atoms with Crippen LogP contribution in [0.1, 0.15) is 25.7 Å². The van der Waals surface area contributed by atoms with E-state index in [9.17, 15) is 0 Å². The van der Waals surface area contributed by atoms with E-state index in [0.29, 0.717) is 0 Å². The second-order valence-corrected chi connectivity index (χ2v) is 6.62. The van der Waals surface area contributed by atoms with Gasteiger partial charge in [0.05, 0.1) is 0 Å². The summed E-state index contributed by atoms with van der Waals surface area (Å²) in [4.78, 5) is 4.96. The Kier molecular flexibility index (Phi) is 5.09. The molecular weight excluding hydrogens is 278 g/mol. The molecule has 1 N–H and O–H groups in total. The number of para-hydroxylation sites is 1. The monoisotopic (exact) mass is 303 g/mol. The molecule has 2 aliphatic heterocycles. The van der Waals surface area contributed by atoms with E-state index in [4.69, 9.17) is 12.2 Å². The van der Waals surface area contributed by atoms with Crippen LogP contribution in [0, 0.1) is 5.92 Å². The molecule has 0 aliphatic carbocycles. The number of thiocarbonyl (C=S) groups is 1. The maximum atomic E-state index is 5.54. The second kappa shape index (κ2) is 7.23. The topological polar surface area (TPSA) is 18.5 Å². The van der Waals surface area contributed by atoms with Crippen LogP contribution in [0.4, 0.5) is 5.69 Å². The summed E-state index contributed by atoms with van der Waals surface area (Å²) in [7, 11) is 0. The van der Waals surface area contributed by atoms with Gasteiger partial charge in [0.25, 0.3) is 0 Å². The highest BCUT2D eigenvalue weighted by atomic mass is 32.1. The Balaban J connectivity index is 1.43. The number of piperidine rings is 1. The van der Waals surface area contributed by atoms with E-state index in [2.05, 4.69) is 27.2 Å². The van der Waals surface area contributed by atoms with Crippen molar-refractivity contribution in [3.8, 4) is 0 Å². The van der Waals surface area contributed by atoms with Gasteiger partial charge in [0.2, 0.25) is 0 Å². The molecule has 2 saturated heterocycles. The first-order valence-electron chi connectivity index (χ1n) is 8.14. The minimum absolute atomic E-state index is 0.860. The Hall–Kier alpha value is -1.13. The number of hydrogen-bond donors (Lipinski definition) is 1.